The molecule has 4 heterocycles. The van der Waals surface area contributed by atoms with Crippen LogP contribution >= 0.6 is 0 Å². The number of aromatic nitrogens is 2. The van der Waals surface area contributed by atoms with Crippen molar-refractivity contribution in [3.05, 3.63) is 34.2 Å². The molecule has 0 amide bonds. The van der Waals surface area contributed by atoms with Gasteiger partial charge in [0, 0.05) is 11.5 Å². The van der Waals surface area contributed by atoms with Crippen LogP contribution in [0.2, 0.25) is 0 Å². The first-order valence-corrected chi connectivity index (χ1v) is 8.74. The van der Waals surface area contributed by atoms with E-state index in [1.807, 2.05) is 10.7 Å². The van der Waals surface area contributed by atoms with Gasteiger partial charge in [0.1, 0.15) is 18.0 Å². The summed E-state index contributed by atoms with van der Waals surface area (Å²) in [5.41, 5.74) is 4.48. The molecule has 2 aliphatic heterocycles. The van der Waals surface area contributed by atoms with E-state index in [1.165, 1.54) is 26.3 Å². The van der Waals surface area contributed by atoms with Crippen molar-refractivity contribution >= 4 is 23.1 Å². The SMILES string of the molecule is CC(C)(O)O.CC1CC(CO)OC1c1cc2ccc(=O)nc3c2n1NC=N3. The van der Waals surface area contributed by atoms with Gasteiger partial charge in [-0.1, -0.05) is 6.92 Å². The highest BCUT2D eigenvalue weighted by molar-refractivity contribution is 5.93. The number of ether oxygens (including phenoxy) is 1. The third-order valence-corrected chi connectivity index (χ3v) is 4.25. The normalized spacial score (nSPS) is 23.7. The molecule has 2 aromatic rings. The van der Waals surface area contributed by atoms with E-state index in [-0.39, 0.29) is 24.4 Å². The van der Waals surface area contributed by atoms with Crippen molar-refractivity contribution in [3.8, 4) is 0 Å². The monoisotopic (exact) mass is 376 g/mol. The van der Waals surface area contributed by atoms with Gasteiger partial charge >= 0.3 is 0 Å². The molecule has 3 unspecified atom stereocenters. The summed E-state index contributed by atoms with van der Waals surface area (Å²) >= 11 is 0. The zero-order valence-electron chi connectivity index (χ0n) is 15.5. The molecule has 4 rings (SSSR count). The van der Waals surface area contributed by atoms with Crippen LogP contribution in [0.25, 0.3) is 10.9 Å². The number of rotatable bonds is 2. The van der Waals surface area contributed by atoms with Crippen LogP contribution in [-0.4, -0.2) is 49.8 Å². The van der Waals surface area contributed by atoms with E-state index in [4.69, 9.17) is 14.9 Å². The quantitative estimate of drug-likeness (QED) is 0.570. The van der Waals surface area contributed by atoms with Gasteiger partial charge in [0.05, 0.1) is 18.4 Å². The number of nitrogens with one attached hydrogen (secondary N) is 1. The van der Waals surface area contributed by atoms with Gasteiger partial charge in [0.25, 0.3) is 5.56 Å². The minimum absolute atomic E-state index is 0.0251. The number of nitrogens with zero attached hydrogens (tertiary/aromatic N) is 3. The summed E-state index contributed by atoms with van der Waals surface area (Å²) in [6.45, 7) is 4.73. The molecular weight excluding hydrogens is 352 g/mol. The van der Waals surface area contributed by atoms with Gasteiger partial charge in [0.15, 0.2) is 11.6 Å². The Balaban J connectivity index is 0.000000376. The lowest BCUT2D eigenvalue weighted by molar-refractivity contribution is -0.127. The predicted molar refractivity (Wildman–Crippen MR) is 101 cm³/mol. The highest BCUT2D eigenvalue weighted by atomic mass is 16.5. The van der Waals surface area contributed by atoms with E-state index in [9.17, 15) is 9.90 Å². The van der Waals surface area contributed by atoms with Crippen LogP contribution in [0, 0.1) is 5.92 Å². The molecule has 0 aliphatic carbocycles. The molecule has 0 bridgehead atoms. The Kier molecular flexibility index (Phi) is 5.29. The lowest BCUT2D eigenvalue weighted by Crippen LogP contribution is -2.21. The zero-order valence-corrected chi connectivity index (χ0v) is 15.5. The lowest BCUT2D eigenvalue weighted by atomic mass is 9.99. The van der Waals surface area contributed by atoms with E-state index < -0.39 is 5.79 Å². The predicted octanol–water partition coefficient (Wildman–Crippen LogP) is 0.779. The van der Waals surface area contributed by atoms with Gasteiger partial charge in [-0.15, -0.1) is 0 Å². The van der Waals surface area contributed by atoms with Gasteiger partial charge in [-0.25, -0.2) is 4.99 Å². The Hall–Kier alpha value is -2.33. The summed E-state index contributed by atoms with van der Waals surface area (Å²) in [5.74, 6) is -0.807. The summed E-state index contributed by atoms with van der Waals surface area (Å²) in [6.07, 6.45) is 2.08. The Morgan fingerprint density at radius 3 is 2.70 bits per heavy atom. The topological polar surface area (TPSA) is 129 Å². The molecule has 0 radical (unpaired) electrons. The molecule has 1 saturated heterocycles. The van der Waals surface area contributed by atoms with Crippen LogP contribution in [0.4, 0.5) is 5.82 Å². The van der Waals surface area contributed by atoms with Crippen LogP contribution in [0.5, 0.6) is 0 Å². The van der Waals surface area contributed by atoms with Crippen LogP contribution in [-0.2, 0) is 4.74 Å². The number of aliphatic hydroxyl groups excluding tert-OH is 1. The van der Waals surface area contributed by atoms with Crippen LogP contribution in [0.15, 0.2) is 28.0 Å². The summed E-state index contributed by atoms with van der Waals surface area (Å²) in [7, 11) is 0. The van der Waals surface area contributed by atoms with Crippen molar-refractivity contribution in [1.29, 1.82) is 0 Å². The molecule has 2 aromatic heterocycles. The van der Waals surface area contributed by atoms with Gasteiger partial charge in [0.2, 0.25) is 0 Å². The van der Waals surface area contributed by atoms with Gasteiger partial charge < -0.3 is 20.1 Å². The van der Waals surface area contributed by atoms with Crippen LogP contribution in [0.3, 0.4) is 0 Å². The first-order valence-electron chi connectivity index (χ1n) is 8.74. The minimum Gasteiger partial charge on any atom is -0.394 e. The molecular formula is C18H24N4O5. The van der Waals surface area contributed by atoms with Crippen molar-refractivity contribution in [1.82, 2.24) is 9.66 Å². The fourth-order valence-corrected chi connectivity index (χ4v) is 3.26. The van der Waals surface area contributed by atoms with Crippen molar-refractivity contribution in [2.75, 3.05) is 12.0 Å². The first kappa shape index (κ1) is 19.4. The average molecular weight is 376 g/mol. The van der Waals surface area contributed by atoms with E-state index >= 15 is 0 Å². The molecule has 146 valence electrons. The smallest absolute Gasteiger partial charge is 0.271 e. The second-order valence-corrected chi connectivity index (χ2v) is 7.27. The maximum atomic E-state index is 11.6. The van der Waals surface area contributed by atoms with E-state index in [1.54, 1.807) is 6.07 Å². The number of aliphatic imine (C=N–C) groups is 1. The maximum Gasteiger partial charge on any atom is 0.271 e. The van der Waals surface area contributed by atoms with Gasteiger partial charge in [-0.2, -0.15) is 4.98 Å². The molecule has 27 heavy (non-hydrogen) atoms. The molecule has 3 atom stereocenters. The minimum atomic E-state index is -1.50. The maximum absolute atomic E-state index is 11.6. The molecule has 0 saturated carbocycles. The van der Waals surface area contributed by atoms with Gasteiger partial charge in [-0.05, 0) is 38.3 Å². The van der Waals surface area contributed by atoms with E-state index in [2.05, 4.69) is 22.3 Å². The molecule has 4 N–H and O–H groups in total. The Bertz CT molecular complexity index is 912. The Labute approximate surface area is 155 Å². The second kappa shape index (κ2) is 7.35. The summed E-state index contributed by atoms with van der Waals surface area (Å²) < 4.78 is 7.82. The van der Waals surface area contributed by atoms with Crippen molar-refractivity contribution in [2.45, 2.75) is 45.2 Å². The highest BCUT2D eigenvalue weighted by Crippen LogP contribution is 2.40. The van der Waals surface area contributed by atoms with E-state index in [0.717, 1.165) is 23.0 Å². The molecule has 2 aliphatic rings. The zero-order chi connectivity index (χ0) is 19.8. The fourth-order valence-electron chi connectivity index (χ4n) is 3.26. The summed E-state index contributed by atoms with van der Waals surface area (Å²) in [4.78, 5) is 19.7. The molecule has 1 fully saturated rings. The molecule has 9 heteroatoms. The Morgan fingerprint density at radius 2 is 2.07 bits per heavy atom. The molecule has 9 nitrogen and oxygen atoms in total. The largest absolute Gasteiger partial charge is 0.394 e. The third kappa shape index (κ3) is 4.33. The van der Waals surface area contributed by atoms with Crippen molar-refractivity contribution in [3.63, 3.8) is 0 Å². The lowest BCUT2D eigenvalue weighted by Gasteiger charge is -2.19. The van der Waals surface area contributed by atoms with Crippen molar-refractivity contribution in [2.24, 2.45) is 10.9 Å². The van der Waals surface area contributed by atoms with E-state index in [0.29, 0.717) is 11.7 Å². The van der Waals surface area contributed by atoms with Gasteiger partial charge in [-0.3, -0.25) is 14.9 Å². The number of hydrogen-bond acceptors (Lipinski definition) is 8. The Morgan fingerprint density at radius 1 is 1.37 bits per heavy atom. The summed E-state index contributed by atoms with van der Waals surface area (Å²) in [6, 6.07) is 5.18. The van der Waals surface area contributed by atoms with Crippen molar-refractivity contribution < 1.29 is 20.1 Å². The third-order valence-electron chi connectivity index (χ3n) is 4.25. The number of aliphatic hydroxyl groups is 3. The van der Waals surface area contributed by atoms with Crippen LogP contribution in [0.1, 0.15) is 39.0 Å². The first-order chi connectivity index (χ1) is 12.7. The molecule has 0 spiro atoms. The summed E-state index contributed by atoms with van der Waals surface area (Å²) in [5, 5.41) is 26.4. The fraction of sp³-hybridized carbons (Fsp3) is 0.500. The average Bonchev–Trinajstić information content (AvgIpc) is 3.07. The number of hydrogen-bond donors (Lipinski definition) is 4. The van der Waals surface area contributed by atoms with Crippen LogP contribution < -0.4 is 11.0 Å². The second-order valence-electron chi connectivity index (χ2n) is 7.27. The molecule has 0 aromatic carbocycles. The highest BCUT2D eigenvalue weighted by Gasteiger charge is 2.35. The standard InChI is InChI=1S/C15H16N4O3.C3H8O2/c1-8-4-10(6-20)22-14(8)11-5-9-2-3-12(21)18-15-13(9)19(11)17-7-16-15;1-3(2,4)5/h2-3,5,7-8,10,14,20H,4,6H2,1H3,(H,16,17,18,21);4-5H,1-2H3.